The summed E-state index contributed by atoms with van der Waals surface area (Å²) in [7, 11) is -1.74. The molecule has 0 saturated heterocycles. The van der Waals surface area contributed by atoms with Crippen LogP contribution in [0.4, 0.5) is 5.69 Å². The van der Waals surface area contributed by atoms with E-state index in [4.69, 9.17) is 4.74 Å². The molecule has 108 valence electrons. The fourth-order valence-corrected chi connectivity index (χ4v) is 2.83. The Morgan fingerprint density at radius 1 is 1.21 bits per heavy atom. The molecule has 1 aromatic carbocycles. The van der Waals surface area contributed by atoms with E-state index in [-0.39, 0.29) is 10.9 Å². The number of sulfonamides is 1. The van der Waals surface area contributed by atoms with Crippen LogP contribution in [-0.2, 0) is 14.8 Å². The molecule has 0 bridgehead atoms. The number of hydrogen-bond donors (Lipinski definition) is 2. The van der Waals surface area contributed by atoms with Crippen molar-refractivity contribution in [2.45, 2.75) is 31.2 Å². The van der Waals surface area contributed by atoms with Gasteiger partial charge >= 0.3 is 0 Å². The Hall–Kier alpha value is -1.11. The van der Waals surface area contributed by atoms with Gasteiger partial charge in [0.25, 0.3) is 0 Å². The first-order valence-electron chi connectivity index (χ1n) is 6.31. The van der Waals surface area contributed by atoms with Crippen molar-refractivity contribution in [2.24, 2.45) is 0 Å². The van der Waals surface area contributed by atoms with Crippen molar-refractivity contribution < 1.29 is 13.2 Å². The van der Waals surface area contributed by atoms with Crippen LogP contribution >= 0.6 is 0 Å². The van der Waals surface area contributed by atoms with E-state index in [0.29, 0.717) is 6.61 Å². The van der Waals surface area contributed by atoms with Gasteiger partial charge in [-0.2, -0.15) is 0 Å². The molecule has 0 aliphatic heterocycles. The Kier molecular flexibility index (Phi) is 6.27. The lowest BCUT2D eigenvalue weighted by molar-refractivity contribution is 0.198. The average Bonchev–Trinajstić information content (AvgIpc) is 2.34. The van der Waals surface area contributed by atoms with E-state index in [2.05, 4.69) is 10.0 Å². The number of ether oxygens (including phenoxy) is 1. The molecule has 2 N–H and O–H groups in total. The molecule has 0 saturated carbocycles. The number of benzene rings is 1. The van der Waals surface area contributed by atoms with Crippen molar-refractivity contribution >= 4 is 15.7 Å². The fraction of sp³-hybridized carbons (Fsp3) is 0.538. The van der Waals surface area contributed by atoms with E-state index < -0.39 is 10.0 Å². The predicted molar refractivity (Wildman–Crippen MR) is 76.9 cm³/mol. The molecule has 0 aliphatic rings. The number of methoxy groups -OCH3 is 1. The van der Waals surface area contributed by atoms with E-state index in [1.54, 1.807) is 45.2 Å². The first kappa shape index (κ1) is 15.9. The molecule has 6 heteroatoms. The van der Waals surface area contributed by atoms with Gasteiger partial charge in [0.2, 0.25) is 10.0 Å². The number of anilines is 1. The summed E-state index contributed by atoms with van der Waals surface area (Å²) in [6.07, 6.45) is 0.908. The van der Waals surface area contributed by atoms with Crippen LogP contribution in [-0.4, -0.2) is 34.7 Å². The Balaban J connectivity index is 2.61. The average molecular weight is 286 g/mol. The zero-order valence-electron chi connectivity index (χ0n) is 11.6. The summed E-state index contributed by atoms with van der Waals surface area (Å²) in [5.74, 6) is 0. The third-order valence-electron chi connectivity index (χ3n) is 2.41. The zero-order valence-corrected chi connectivity index (χ0v) is 12.5. The van der Waals surface area contributed by atoms with Crippen LogP contribution in [0.3, 0.4) is 0 Å². The highest BCUT2D eigenvalue weighted by molar-refractivity contribution is 7.89. The van der Waals surface area contributed by atoms with E-state index in [9.17, 15) is 8.42 Å². The molecule has 19 heavy (non-hydrogen) atoms. The van der Waals surface area contributed by atoms with Crippen LogP contribution in [0.5, 0.6) is 0 Å². The molecule has 0 amide bonds. The largest absolute Gasteiger partial charge is 0.385 e. The van der Waals surface area contributed by atoms with Gasteiger partial charge in [0.05, 0.1) is 4.90 Å². The summed E-state index contributed by atoms with van der Waals surface area (Å²) in [6, 6.07) is 6.62. The quantitative estimate of drug-likeness (QED) is 0.715. The molecule has 0 fully saturated rings. The van der Waals surface area contributed by atoms with Crippen molar-refractivity contribution in [2.75, 3.05) is 25.6 Å². The van der Waals surface area contributed by atoms with E-state index in [1.807, 2.05) is 0 Å². The molecule has 0 radical (unpaired) electrons. The number of hydrogen-bond acceptors (Lipinski definition) is 4. The van der Waals surface area contributed by atoms with Gasteiger partial charge in [-0.05, 0) is 44.5 Å². The molecule has 1 rings (SSSR count). The lowest BCUT2D eigenvalue weighted by Gasteiger charge is -2.10. The number of nitrogens with one attached hydrogen (secondary N) is 2. The molecule has 0 atom stereocenters. The van der Waals surface area contributed by atoms with Gasteiger partial charge in [0, 0.05) is 32.0 Å². The van der Waals surface area contributed by atoms with Crippen LogP contribution in [0.1, 0.15) is 20.3 Å². The van der Waals surface area contributed by atoms with Gasteiger partial charge in [-0.3, -0.25) is 0 Å². The lowest BCUT2D eigenvalue weighted by Crippen LogP contribution is -2.30. The minimum Gasteiger partial charge on any atom is -0.385 e. The SMILES string of the molecule is COCCCNc1ccc(S(=O)(=O)NC(C)C)cc1. The normalized spacial score (nSPS) is 11.8. The van der Waals surface area contributed by atoms with Crippen molar-refractivity contribution in [3.63, 3.8) is 0 Å². The van der Waals surface area contributed by atoms with Gasteiger partial charge in [0.1, 0.15) is 0 Å². The molecule has 1 aromatic rings. The highest BCUT2D eigenvalue weighted by atomic mass is 32.2. The molecular weight excluding hydrogens is 264 g/mol. The van der Waals surface area contributed by atoms with Crippen LogP contribution < -0.4 is 10.0 Å². The summed E-state index contributed by atoms with van der Waals surface area (Å²) >= 11 is 0. The van der Waals surface area contributed by atoms with E-state index in [1.165, 1.54) is 0 Å². The van der Waals surface area contributed by atoms with Gasteiger partial charge in [0.15, 0.2) is 0 Å². The Morgan fingerprint density at radius 3 is 2.37 bits per heavy atom. The molecule has 0 heterocycles. The van der Waals surface area contributed by atoms with E-state index in [0.717, 1.165) is 18.7 Å². The fourth-order valence-electron chi connectivity index (χ4n) is 1.58. The monoisotopic (exact) mass is 286 g/mol. The van der Waals surface area contributed by atoms with Crippen molar-refractivity contribution in [1.82, 2.24) is 4.72 Å². The van der Waals surface area contributed by atoms with Crippen LogP contribution in [0, 0.1) is 0 Å². The molecule has 0 aliphatic carbocycles. The molecule has 0 aromatic heterocycles. The summed E-state index contributed by atoms with van der Waals surface area (Å²) < 4.78 is 31.3. The summed E-state index contributed by atoms with van der Waals surface area (Å²) in [6.45, 7) is 5.09. The minimum absolute atomic E-state index is 0.114. The first-order valence-corrected chi connectivity index (χ1v) is 7.79. The third kappa shape index (κ3) is 5.59. The topological polar surface area (TPSA) is 67.4 Å². The summed E-state index contributed by atoms with van der Waals surface area (Å²) in [4.78, 5) is 0.281. The van der Waals surface area contributed by atoms with E-state index >= 15 is 0 Å². The van der Waals surface area contributed by atoms with Gasteiger partial charge in [-0.15, -0.1) is 0 Å². The molecule has 0 spiro atoms. The lowest BCUT2D eigenvalue weighted by atomic mass is 10.3. The Bertz CT molecular complexity index is 469. The highest BCUT2D eigenvalue weighted by Gasteiger charge is 2.14. The standard InChI is InChI=1S/C13H22N2O3S/c1-11(2)15-19(16,17)13-7-5-12(6-8-13)14-9-4-10-18-3/h5-8,11,14-15H,4,9-10H2,1-3H3. The number of rotatable bonds is 8. The molecule has 0 unspecified atom stereocenters. The summed E-state index contributed by atoms with van der Waals surface area (Å²) in [5.41, 5.74) is 0.902. The molecular formula is C13H22N2O3S. The minimum atomic E-state index is -3.40. The second-order valence-corrected chi connectivity index (χ2v) is 6.29. The van der Waals surface area contributed by atoms with Crippen LogP contribution in [0.2, 0.25) is 0 Å². The maximum atomic E-state index is 11.9. The maximum Gasteiger partial charge on any atom is 0.240 e. The Morgan fingerprint density at radius 2 is 1.84 bits per heavy atom. The maximum absolute atomic E-state index is 11.9. The first-order chi connectivity index (χ1) is 8.95. The van der Waals surface area contributed by atoms with Crippen molar-refractivity contribution in [3.05, 3.63) is 24.3 Å². The molecule has 5 nitrogen and oxygen atoms in total. The van der Waals surface area contributed by atoms with Crippen molar-refractivity contribution in [1.29, 1.82) is 0 Å². The van der Waals surface area contributed by atoms with Crippen LogP contribution in [0.15, 0.2) is 29.2 Å². The van der Waals surface area contributed by atoms with Gasteiger partial charge < -0.3 is 10.1 Å². The van der Waals surface area contributed by atoms with Crippen molar-refractivity contribution in [3.8, 4) is 0 Å². The third-order valence-corrected chi connectivity index (χ3v) is 4.08. The van der Waals surface area contributed by atoms with Gasteiger partial charge in [-0.1, -0.05) is 0 Å². The van der Waals surface area contributed by atoms with Crippen LogP contribution in [0.25, 0.3) is 0 Å². The zero-order chi connectivity index (χ0) is 14.3. The predicted octanol–water partition coefficient (Wildman–Crippen LogP) is 1.82. The Labute approximate surface area is 115 Å². The second-order valence-electron chi connectivity index (χ2n) is 4.57. The highest BCUT2D eigenvalue weighted by Crippen LogP contribution is 2.14. The smallest absolute Gasteiger partial charge is 0.240 e. The van der Waals surface area contributed by atoms with Gasteiger partial charge in [-0.25, -0.2) is 13.1 Å². The second kappa shape index (κ2) is 7.47. The summed E-state index contributed by atoms with van der Waals surface area (Å²) in [5, 5.41) is 3.20.